The normalized spacial score (nSPS) is 14.5. The van der Waals surface area contributed by atoms with Crippen LogP contribution >= 0.6 is 15.6 Å². The number of phosphoric acid groups is 2. The Labute approximate surface area is 511 Å². The maximum Gasteiger partial charge on any atom is 0.472 e. The summed E-state index contributed by atoms with van der Waals surface area (Å²) in [6.07, 6.45) is 43.2. The maximum absolute atomic E-state index is 13.0. The maximum atomic E-state index is 13.0. The molecule has 19 heteroatoms. The van der Waals surface area contributed by atoms with Crippen molar-refractivity contribution in [1.82, 2.24) is 0 Å². The highest BCUT2D eigenvalue weighted by Gasteiger charge is 2.30. The molecule has 0 rings (SSSR count). The van der Waals surface area contributed by atoms with Gasteiger partial charge in [0, 0.05) is 25.7 Å². The number of aliphatic hydroxyl groups excluding tert-OH is 1. The fraction of sp³-hybridized carbons (Fsp3) is 0.938. The van der Waals surface area contributed by atoms with Crippen molar-refractivity contribution in [3.8, 4) is 0 Å². The van der Waals surface area contributed by atoms with Crippen LogP contribution in [0.3, 0.4) is 0 Å². The van der Waals surface area contributed by atoms with Crippen LogP contribution in [0.2, 0.25) is 0 Å². The van der Waals surface area contributed by atoms with Gasteiger partial charge in [-0.15, -0.1) is 0 Å². The summed E-state index contributed by atoms with van der Waals surface area (Å²) in [6, 6.07) is 0. The zero-order valence-electron chi connectivity index (χ0n) is 54.0. The molecule has 0 aromatic rings. The molecule has 0 radical (unpaired) electrons. The zero-order valence-corrected chi connectivity index (χ0v) is 55.8. The van der Waals surface area contributed by atoms with Crippen LogP contribution in [0, 0.1) is 5.92 Å². The highest BCUT2D eigenvalue weighted by Crippen LogP contribution is 2.45. The molecular formula is C65H126O17P2. The van der Waals surface area contributed by atoms with E-state index in [9.17, 15) is 43.2 Å². The fourth-order valence-corrected chi connectivity index (χ4v) is 11.3. The quantitative estimate of drug-likeness (QED) is 0.0222. The van der Waals surface area contributed by atoms with Crippen LogP contribution in [0.15, 0.2) is 0 Å². The summed E-state index contributed by atoms with van der Waals surface area (Å²) in [5, 5.41) is 10.5. The molecule has 0 aromatic carbocycles. The Morgan fingerprint density at radius 2 is 0.571 bits per heavy atom. The van der Waals surface area contributed by atoms with E-state index in [1.54, 1.807) is 0 Å². The van der Waals surface area contributed by atoms with Crippen LogP contribution in [0.1, 0.15) is 330 Å². The molecule has 0 amide bonds. The van der Waals surface area contributed by atoms with Crippen LogP contribution < -0.4 is 0 Å². The minimum absolute atomic E-state index is 0.106. The number of carbonyl (C=O) groups excluding carboxylic acids is 4. The van der Waals surface area contributed by atoms with E-state index in [1.807, 2.05) is 0 Å². The van der Waals surface area contributed by atoms with E-state index >= 15 is 0 Å². The largest absolute Gasteiger partial charge is 0.472 e. The predicted octanol–water partition coefficient (Wildman–Crippen LogP) is 18.2. The zero-order chi connectivity index (χ0) is 62.0. The standard InChI is InChI=1S/C65H126O17P2/c1-6-10-13-16-19-22-23-24-25-26-27-28-29-31-34-41-46-51-65(70)82-61(55-76-63(68)49-44-39-36-35-37-42-47-58(5)9-4)57-80-84(73,74)78-53-59(66)52-77-83(71,72)79-56-60(54-75-62(67)48-43-38-32-21-18-15-12-8-3)81-64(69)50-45-40-33-30-20-17-14-11-7-2/h58-61,66H,6-57H2,1-5H3,(H,71,72)(H,73,74)/t58?,59-,60+,61+/m0/s1. The Bertz CT molecular complexity index is 1640. The fourth-order valence-electron chi connectivity index (χ4n) is 9.73. The monoisotopic (exact) mass is 1240 g/mol. The molecule has 0 aromatic heterocycles. The smallest absolute Gasteiger partial charge is 0.462 e. The number of ether oxygens (including phenoxy) is 4. The number of hydrogen-bond acceptors (Lipinski definition) is 15. The highest BCUT2D eigenvalue weighted by atomic mass is 31.2. The number of rotatable bonds is 65. The summed E-state index contributed by atoms with van der Waals surface area (Å²) in [6.45, 7) is 7.13. The van der Waals surface area contributed by atoms with Gasteiger partial charge >= 0.3 is 39.5 Å². The first-order valence-corrected chi connectivity index (χ1v) is 37.2. The van der Waals surface area contributed by atoms with Gasteiger partial charge in [0.15, 0.2) is 12.2 Å². The van der Waals surface area contributed by atoms with Gasteiger partial charge in [0.25, 0.3) is 0 Å². The molecule has 3 unspecified atom stereocenters. The first-order chi connectivity index (χ1) is 40.6. The summed E-state index contributed by atoms with van der Waals surface area (Å²) in [4.78, 5) is 72.1. The topological polar surface area (TPSA) is 237 Å². The molecular weight excluding hydrogens is 1110 g/mol. The summed E-state index contributed by atoms with van der Waals surface area (Å²) < 4.78 is 67.9. The van der Waals surface area contributed by atoms with Crippen molar-refractivity contribution < 1.29 is 80.2 Å². The average molecular weight is 1240 g/mol. The molecule has 0 heterocycles. The Morgan fingerprint density at radius 3 is 0.845 bits per heavy atom. The van der Waals surface area contributed by atoms with E-state index in [0.29, 0.717) is 25.7 Å². The molecule has 84 heavy (non-hydrogen) atoms. The number of aliphatic hydroxyl groups is 1. The molecule has 0 fully saturated rings. The molecule has 0 saturated heterocycles. The van der Waals surface area contributed by atoms with Crippen LogP contribution in [0.5, 0.6) is 0 Å². The third-order valence-corrected chi connectivity index (χ3v) is 17.3. The molecule has 0 saturated carbocycles. The second-order valence-corrected chi connectivity index (χ2v) is 26.7. The lowest BCUT2D eigenvalue weighted by Crippen LogP contribution is -2.30. The second-order valence-electron chi connectivity index (χ2n) is 23.7. The summed E-state index contributed by atoms with van der Waals surface area (Å²) in [7, 11) is -9.88. The molecule has 0 aliphatic heterocycles. The lowest BCUT2D eigenvalue weighted by atomic mass is 10.00. The lowest BCUT2D eigenvalue weighted by Gasteiger charge is -2.21. The molecule has 498 valence electrons. The molecule has 0 aliphatic carbocycles. The van der Waals surface area contributed by atoms with Crippen LogP contribution in [0.4, 0.5) is 0 Å². The summed E-state index contributed by atoms with van der Waals surface area (Å²) >= 11 is 0. The SMILES string of the molecule is CCCCCCCCCCCCCCCCCCCC(=O)O[C@H](COC(=O)CCCCCCCCC(C)CC)COP(=O)(O)OC[C@@H](O)COP(=O)(O)OC[C@@H](COC(=O)CCCCCCCCCC)OC(=O)CCCCCCCCCCC. The van der Waals surface area contributed by atoms with E-state index < -0.39 is 97.5 Å². The molecule has 0 aliphatic rings. The average Bonchev–Trinajstić information content (AvgIpc) is 3.57. The predicted molar refractivity (Wildman–Crippen MR) is 335 cm³/mol. The van der Waals surface area contributed by atoms with Gasteiger partial charge in [0.05, 0.1) is 26.4 Å². The minimum atomic E-state index is -4.94. The second kappa shape index (κ2) is 58.7. The Hall–Kier alpha value is -1.94. The Balaban J connectivity index is 5.18. The van der Waals surface area contributed by atoms with Gasteiger partial charge in [0.1, 0.15) is 19.3 Å². The number of unbranched alkanes of at least 4 members (excludes halogenated alkanes) is 36. The van der Waals surface area contributed by atoms with Gasteiger partial charge < -0.3 is 33.8 Å². The van der Waals surface area contributed by atoms with E-state index in [4.69, 9.17) is 37.0 Å². The third-order valence-electron chi connectivity index (χ3n) is 15.4. The van der Waals surface area contributed by atoms with Gasteiger partial charge in [-0.3, -0.25) is 37.3 Å². The number of esters is 4. The highest BCUT2D eigenvalue weighted by molar-refractivity contribution is 7.47. The van der Waals surface area contributed by atoms with Gasteiger partial charge in [-0.2, -0.15) is 0 Å². The Morgan fingerprint density at radius 1 is 0.333 bits per heavy atom. The van der Waals surface area contributed by atoms with Crippen LogP contribution in [-0.4, -0.2) is 96.7 Å². The molecule has 17 nitrogen and oxygen atoms in total. The first kappa shape index (κ1) is 82.1. The first-order valence-electron chi connectivity index (χ1n) is 34.2. The van der Waals surface area contributed by atoms with Crippen molar-refractivity contribution in [3.05, 3.63) is 0 Å². The molecule has 3 N–H and O–H groups in total. The van der Waals surface area contributed by atoms with Gasteiger partial charge in [-0.1, -0.05) is 279 Å². The van der Waals surface area contributed by atoms with E-state index in [0.717, 1.165) is 109 Å². The van der Waals surface area contributed by atoms with Crippen molar-refractivity contribution in [2.45, 2.75) is 348 Å². The van der Waals surface area contributed by atoms with Crippen molar-refractivity contribution in [1.29, 1.82) is 0 Å². The summed E-state index contributed by atoms with van der Waals surface area (Å²) in [5.41, 5.74) is 0. The number of phosphoric ester groups is 2. The van der Waals surface area contributed by atoms with E-state index in [2.05, 4.69) is 34.6 Å². The number of hydrogen-bond donors (Lipinski definition) is 3. The van der Waals surface area contributed by atoms with Gasteiger partial charge in [0.2, 0.25) is 0 Å². The van der Waals surface area contributed by atoms with Crippen molar-refractivity contribution in [2.24, 2.45) is 5.92 Å². The van der Waals surface area contributed by atoms with Crippen molar-refractivity contribution in [2.75, 3.05) is 39.6 Å². The van der Waals surface area contributed by atoms with E-state index in [1.165, 1.54) is 141 Å². The summed E-state index contributed by atoms with van der Waals surface area (Å²) in [5.74, 6) is -1.40. The van der Waals surface area contributed by atoms with Crippen LogP contribution in [-0.2, 0) is 65.4 Å². The molecule has 6 atom stereocenters. The molecule has 0 bridgehead atoms. The van der Waals surface area contributed by atoms with Gasteiger partial charge in [-0.25, -0.2) is 9.13 Å². The molecule has 0 spiro atoms. The Kier molecular flexibility index (Phi) is 57.4. The third kappa shape index (κ3) is 57.8. The van der Waals surface area contributed by atoms with Crippen molar-refractivity contribution >= 4 is 39.5 Å². The van der Waals surface area contributed by atoms with Crippen LogP contribution in [0.25, 0.3) is 0 Å². The van der Waals surface area contributed by atoms with Crippen molar-refractivity contribution in [3.63, 3.8) is 0 Å². The minimum Gasteiger partial charge on any atom is -0.462 e. The van der Waals surface area contributed by atoms with E-state index in [-0.39, 0.29) is 25.7 Å². The van der Waals surface area contributed by atoms with Gasteiger partial charge in [-0.05, 0) is 31.6 Å². The lowest BCUT2D eigenvalue weighted by molar-refractivity contribution is -0.161. The number of carbonyl (C=O) groups is 4.